The summed E-state index contributed by atoms with van der Waals surface area (Å²) in [6, 6.07) is 16.0. The summed E-state index contributed by atoms with van der Waals surface area (Å²) in [5, 5.41) is 7.33. The van der Waals surface area contributed by atoms with E-state index in [1.165, 1.54) is 5.56 Å². The summed E-state index contributed by atoms with van der Waals surface area (Å²) < 4.78 is 0. The van der Waals surface area contributed by atoms with Crippen molar-refractivity contribution in [3.63, 3.8) is 0 Å². The van der Waals surface area contributed by atoms with Crippen LogP contribution in [0.3, 0.4) is 0 Å². The van der Waals surface area contributed by atoms with Gasteiger partial charge in [-0.1, -0.05) is 41.9 Å². The molecule has 0 amide bonds. The zero-order chi connectivity index (χ0) is 16.5. The van der Waals surface area contributed by atoms with Crippen molar-refractivity contribution in [3.8, 4) is 11.1 Å². The largest absolute Gasteiger partial charge is 0.339 e. The molecule has 0 aliphatic carbocycles. The van der Waals surface area contributed by atoms with Crippen molar-refractivity contribution in [1.82, 2.24) is 9.97 Å². The van der Waals surface area contributed by atoms with E-state index in [9.17, 15) is 0 Å². The highest BCUT2D eigenvalue weighted by Crippen LogP contribution is 2.37. The highest BCUT2D eigenvalue weighted by atomic mass is 35.5. The van der Waals surface area contributed by atoms with Crippen LogP contribution in [0.1, 0.15) is 5.56 Å². The second-order valence-electron chi connectivity index (χ2n) is 5.50. The number of hydrogen-bond acceptors (Lipinski definition) is 4. The fraction of sp³-hybridized carbons (Fsp3) is 0.0526. The van der Waals surface area contributed by atoms with Gasteiger partial charge >= 0.3 is 0 Å². The van der Waals surface area contributed by atoms with Crippen LogP contribution in [0, 0.1) is 6.92 Å². The van der Waals surface area contributed by atoms with Crippen LogP contribution in [0.15, 0.2) is 60.2 Å². The molecule has 0 atom stereocenters. The molecule has 0 saturated carbocycles. The Kier molecular flexibility index (Phi) is 3.92. The third-order valence-electron chi connectivity index (χ3n) is 3.92. The molecule has 0 aliphatic rings. The minimum Gasteiger partial charge on any atom is -0.339 e. The Morgan fingerprint density at radius 1 is 1.00 bits per heavy atom. The molecule has 0 spiro atoms. The standard InChI is InChI=1S/C19H14ClN3S/c1-12-4-2-3-5-16(12)23-18-17-15(10-24-19(17)22-11-21-18)13-6-8-14(20)9-7-13/h2-11H,1H3,(H,21,22,23). The molecule has 2 aromatic heterocycles. The molecule has 0 radical (unpaired) electrons. The first-order chi connectivity index (χ1) is 11.7. The van der Waals surface area contributed by atoms with Crippen LogP contribution in [-0.4, -0.2) is 9.97 Å². The summed E-state index contributed by atoms with van der Waals surface area (Å²) in [5.41, 5.74) is 4.44. The summed E-state index contributed by atoms with van der Waals surface area (Å²) in [6.07, 6.45) is 1.60. The molecule has 3 nitrogen and oxygen atoms in total. The van der Waals surface area contributed by atoms with Gasteiger partial charge in [0.2, 0.25) is 0 Å². The molecule has 2 aromatic carbocycles. The van der Waals surface area contributed by atoms with E-state index in [0.717, 1.165) is 37.9 Å². The van der Waals surface area contributed by atoms with Crippen molar-refractivity contribution >= 4 is 44.7 Å². The van der Waals surface area contributed by atoms with Crippen molar-refractivity contribution in [2.75, 3.05) is 5.32 Å². The third-order valence-corrected chi connectivity index (χ3v) is 5.06. The number of thiophene rings is 1. The number of nitrogens with one attached hydrogen (secondary N) is 1. The molecule has 118 valence electrons. The van der Waals surface area contributed by atoms with Gasteiger partial charge in [0.05, 0.1) is 5.39 Å². The fourth-order valence-corrected chi connectivity index (χ4v) is 3.69. The minimum atomic E-state index is 0.729. The van der Waals surface area contributed by atoms with E-state index < -0.39 is 0 Å². The van der Waals surface area contributed by atoms with Gasteiger partial charge in [0.15, 0.2) is 0 Å². The summed E-state index contributed by atoms with van der Waals surface area (Å²) in [6.45, 7) is 2.08. The molecular formula is C19H14ClN3S. The predicted octanol–water partition coefficient (Wildman–Crippen LogP) is 6.06. The number of benzene rings is 2. The van der Waals surface area contributed by atoms with E-state index in [0.29, 0.717) is 0 Å². The van der Waals surface area contributed by atoms with E-state index >= 15 is 0 Å². The number of anilines is 2. The van der Waals surface area contributed by atoms with Gasteiger partial charge in [0.1, 0.15) is 17.0 Å². The maximum absolute atomic E-state index is 6.01. The monoisotopic (exact) mass is 351 g/mol. The van der Waals surface area contributed by atoms with Gasteiger partial charge in [-0.2, -0.15) is 0 Å². The van der Waals surface area contributed by atoms with Crippen LogP contribution < -0.4 is 5.32 Å². The molecule has 5 heteroatoms. The minimum absolute atomic E-state index is 0.729. The molecule has 0 aliphatic heterocycles. The van der Waals surface area contributed by atoms with Gasteiger partial charge in [0.25, 0.3) is 0 Å². The highest BCUT2D eigenvalue weighted by molar-refractivity contribution is 7.17. The first kappa shape index (κ1) is 15.1. The highest BCUT2D eigenvalue weighted by Gasteiger charge is 2.13. The Morgan fingerprint density at radius 3 is 2.58 bits per heavy atom. The number of rotatable bonds is 3. The third kappa shape index (κ3) is 2.75. The molecule has 0 unspecified atom stereocenters. The van der Waals surface area contributed by atoms with Crippen LogP contribution in [0.2, 0.25) is 5.02 Å². The summed E-state index contributed by atoms with van der Waals surface area (Å²) in [5.74, 6) is 0.820. The summed E-state index contributed by atoms with van der Waals surface area (Å²) >= 11 is 7.63. The van der Waals surface area contributed by atoms with Gasteiger partial charge in [0, 0.05) is 21.7 Å². The Balaban J connectivity index is 1.86. The van der Waals surface area contributed by atoms with E-state index in [2.05, 4.69) is 39.7 Å². The SMILES string of the molecule is Cc1ccccc1Nc1ncnc2scc(-c3ccc(Cl)cc3)c12. The first-order valence-corrected chi connectivity index (χ1v) is 8.79. The van der Waals surface area contributed by atoms with Crippen molar-refractivity contribution < 1.29 is 0 Å². The Morgan fingerprint density at radius 2 is 1.79 bits per heavy atom. The molecule has 1 N–H and O–H groups in total. The van der Waals surface area contributed by atoms with Gasteiger partial charge in [-0.15, -0.1) is 11.3 Å². The average Bonchev–Trinajstić information content (AvgIpc) is 3.03. The molecule has 24 heavy (non-hydrogen) atoms. The van der Waals surface area contributed by atoms with Crippen LogP contribution in [0.25, 0.3) is 21.3 Å². The van der Waals surface area contributed by atoms with E-state index in [4.69, 9.17) is 11.6 Å². The molecule has 2 heterocycles. The lowest BCUT2D eigenvalue weighted by Gasteiger charge is -2.10. The number of aryl methyl sites for hydroxylation is 1. The van der Waals surface area contributed by atoms with E-state index in [-0.39, 0.29) is 0 Å². The maximum atomic E-state index is 6.01. The Hall–Kier alpha value is -2.43. The van der Waals surface area contributed by atoms with Gasteiger partial charge in [-0.25, -0.2) is 9.97 Å². The second-order valence-corrected chi connectivity index (χ2v) is 6.79. The fourth-order valence-electron chi connectivity index (χ4n) is 2.65. The van der Waals surface area contributed by atoms with Gasteiger partial charge < -0.3 is 5.32 Å². The van der Waals surface area contributed by atoms with Crippen molar-refractivity contribution in [1.29, 1.82) is 0 Å². The average molecular weight is 352 g/mol. The molecular weight excluding hydrogens is 338 g/mol. The lowest BCUT2D eigenvalue weighted by molar-refractivity contribution is 1.23. The number of aromatic nitrogens is 2. The maximum Gasteiger partial charge on any atom is 0.143 e. The van der Waals surface area contributed by atoms with Crippen molar-refractivity contribution in [2.24, 2.45) is 0 Å². The topological polar surface area (TPSA) is 37.8 Å². The number of fused-ring (bicyclic) bond motifs is 1. The predicted molar refractivity (Wildman–Crippen MR) is 102 cm³/mol. The van der Waals surface area contributed by atoms with E-state index in [1.807, 2.05) is 36.4 Å². The first-order valence-electron chi connectivity index (χ1n) is 7.53. The zero-order valence-corrected chi connectivity index (χ0v) is 14.5. The number of nitrogens with zero attached hydrogens (tertiary/aromatic N) is 2. The van der Waals surface area contributed by atoms with Gasteiger partial charge in [-0.05, 0) is 36.2 Å². The number of hydrogen-bond donors (Lipinski definition) is 1. The zero-order valence-electron chi connectivity index (χ0n) is 13.0. The molecule has 4 rings (SSSR count). The normalized spacial score (nSPS) is 10.9. The van der Waals surface area contributed by atoms with Gasteiger partial charge in [-0.3, -0.25) is 0 Å². The quantitative estimate of drug-likeness (QED) is 0.487. The molecule has 0 saturated heterocycles. The number of halogens is 1. The molecule has 4 aromatic rings. The van der Waals surface area contributed by atoms with Crippen LogP contribution in [0.4, 0.5) is 11.5 Å². The lowest BCUT2D eigenvalue weighted by Crippen LogP contribution is -1.97. The Bertz CT molecular complexity index is 1010. The number of para-hydroxylation sites is 1. The van der Waals surface area contributed by atoms with Crippen LogP contribution in [0.5, 0.6) is 0 Å². The summed E-state index contributed by atoms with van der Waals surface area (Å²) in [7, 11) is 0. The Labute approximate surface area is 149 Å². The van der Waals surface area contributed by atoms with Crippen molar-refractivity contribution in [2.45, 2.75) is 6.92 Å². The molecule has 0 fully saturated rings. The second kappa shape index (κ2) is 6.23. The van der Waals surface area contributed by atoms with Crippen LogP contribution >= 0.6 is 22.9 Å². The smallest absolute Gasteiger partial charge is 0.143 e. The van der Waals surface area contributed by atoms with Crippen molar-refractivity contribution in [3.05, 3.63) is 70.8 Å². The van der Waals surface area contributed by atoms with E-state index in [1.54, 1.807) is 17.7 Å². The molecule has 0 bridgehead atoms. The van der Waals surface area contributed by atoms with Crippen LogP contribution in [-0.2, 0) is 0 Å². The summed E-state index contributed by atoms with van der Waals surface area (Å²) in [4.78, 5) is 9.85. The lowest BCUT2D eigenvalue weighted by atomic mass is 10.1.